The summed E-state index contributed by atoms with van der Waals surface area (Å²) in [6.45, 7) is 1.37. The number of hydrogen-bond acceptors (Lipinski definition) is 9. The largest absolute Gasteiger partial charge is 0.495 e. The van der Waals surface area contributed by atoms with Gasteiger partial charge in [-0.25, -0.2) is 30.8 Å². The van der Waals surface area contributed by atoms with Crippen LogP contribution in [0.25, 0.3) is 10.1 Å². The molecule has 2 aliphatic rings. The minimum atomic E-state index is -3.89. The molecule has 4 N–H and O–H groups in total. The molecule has 1 aliphatic heterocycles. The summed E-state index contributed by atoms with van der Waals surface area (Å²) in [4.78, 5) is 2.81. The van der Waals surface area contributed by atoms with Crippen LogP contribution in [0.1, 0.15) is 36.1 Å². The van der Waals surface area contributed by atoms with Gasteiger partial charge in [-0.15, -0.1) is 11.3 Å². The Hall–Kier alpha value is -2.96. The van der Waals surface area contributed by atoms with E-state index in [0.717, 1.165) is 41.5 Å². The molecule has 0 unspecified atom stereocenters. The molecule has 2 aromatic carbocycles. The zero-order chi connectivity index (χ0) is 31.5. The smallest absolute Gasteiger partial charge is 0.242 e. The SMILES string of the molecule is COc1cc(S(N)(=O)=O)ccc1NCC#Cc1sc2c(NC3CCC(N4CCS(=O)(=O)CC4)CC3)cccc2c1CC(F)F. The molecule has 9 nitrogen and oxygen atoms in total. The van der Waals surface area contributed by atoms with E-state index in [9.17, 15) is 25.6 Å². The maximum absolute atomic E-state index is 13.6. The van der Waals surface area contributed by atoms with E-state index in [2.05, 4.69) is 27.4 Å². The molecule has 44 heavy (non-hydrogen) atoms. The van der Waals surface area contributed by atoms with E-state index in [1.54, 1.807) is 0 Å². The number of sulfone groups is 1. The molecule has 238 valence electrons. The van der Waals surface area contributed by atoms with Gasteiger partial charge in [-0.1, -0.05) is 24.0 Å². The lowest BCUT2D eigenvalue weighted by molar-refractivity contribution is 0.149. The second-order valence-corrected chi connectivity index (χ2v) is 16.0. The monoisotopic (exact) mass is 666 g/mol. The number of thiophene rings is 1. The average molecular weight is 667 g/mol. The van der Waals surface area contributed by atoms with Gasteiger partial charge < -0.3 is 15.4 Å². The number of hydrogen-bond donors (Lipinski definition) is 3. The summed E-state index contributed by atoms with van der Waals surface area (Å²) in [5.74, 6) is 6.83. The van der Waals surface area contributed by atoms with Crippen LogP contribution in [0, 0.1) is 11.8 Å². The number of nitrogens with zero attached hydrogens (tertiary/aromatic N) is 1. The standard InChI is InChI=1S/C30H36F2N4O5S3/c1-41-27-18-22(44(33,39)40)11-12-25(27)34-13-3-6-28-24(19-29(31)32)23-4-2-5-26(30(23)42-28)35-20-7-9-21(10-8-20)36-14-16-43(37,38)17-15-36/h2,4-5,11-12,18,20-21,29,34-35H,7-10,13-17,19H2,1H3,(H2,33,39,40). The molecular weight excluding hydrogens is 631 g/mol. The Kier molecular flexibility index (Phi) is 10.0. The maximum atomic E-state index is 13.6. The van der Waals surface area contributed by atoms with Crippen molar-refractivity contribution in [1.82, 2.24) is 4.90 Å². The Bertz CT molecular complexity index is 1760. The van der Waals surface area contributed by atoms with Crippen molar-refractivity contribution in [3.63, 3.8) is 0 Å². The number of nitrogens with two attached hydrogens (primary N) is 1. The predicted molar refractivity (Wildman–Crippen MR) is 171 cm³/mol. The third kappa shape index (κ3) is 7.81. The third-order valence-corrected chi connectivity index (χ3v) is 11.9. The quantitative estimate of drug-likeness (QED) is 0.289. The number of nitrogens with one attached hydrogen (secondary N) is 2. The van der Waals surface area contributed by atoms with Crippen molar-refractivity contribution in [1.29, 1.82) is 0 Å². The first-order chi connectivity index (χ1) is 20.9. The van der Waals surface area contributed by atoms with Crippen LogP contribution in [0.3, 0.4) is 0 Å². The second kappa shape index (κ2) is 13.6. The minimum Gasteiger partial charge on any atom is -0.495 e. The highest BCUT2D eigenvalue weighted by Gasteiger charge is 2.30. The Labute approximate surface area is 261 Å². The van der Waals surface area contributed by atoms with E-state index >= 15 is 0 Å². The molecule has 0 bridgehead atoms. The van der Waals surface area contributed by atoms with E-state index in [-0.39, 0.29) is 34.7 Å². The van der Waals surface area contributed by atoms with Crippen LogP contribution < -0.4 is 20.5 Å². The number of ether oxygens (including phenoxy) is 1. The van der Waals surface area contributed by atoms with Gasteiger partial charge in [0.1, 0.15) is 5.75 Å². The van der Waals surface area contributed by atoms with E-state index in [4.69, 9.17) is 9.88 Å². The molecule has 2 heterocycles. The normalized spacial score (nSPS) is 20.7. The van der Waals surface area contributed by atoms with Crippen molar-refractivity contribution < 1.29 is 30.4 Å². The molecule has 0 amide bonds. The summed E-state index contributed by atoms with van der Waals surface area (Å²) in [5.41, 5.74) is 1.95. The number of benzene rings is 2. The number of alkyl halides is 2. The van der Waals surface area contributed by atoms with Gasteiger partial charge in [-0.2, -0.15) is 0 Å². The van der Waals surface area contributed by atoms with Crippen molar-refractivity contribution in [2.24, 2.45) is 5.14 Å². The Balaban J connectivity index is 1.29. The highest BCUT2D eigenvalue weighted by atomic mass is 32.2. The van der Waals surface area contributed by atoms with Crippen LogP contribution in [0.2, 0.25) is 0 Å². The molecule has 2 fully saturated rings. The van der Waals surface area contributed by atoms with Crippen LogP contribution in [-0.4, -0.2) is 78.5 Å². The van der Waals surface area contributed by atoms with Crippen LogP contribution in [0.15, 0.2) is 41.3 Å². The van der Waals surface area contributed by atoms with Crippen molar-refractivity contribution in [2.75, 3.05) is 48.9 Å². The first kappa shape index (κ1) is 32.4. The molecule has 1 saturated carbocycles. The lowest BCUT2D eigenvalue weighted by atomic mass is 9.90. The first-order valence-corrected chi connectivity index (χ1v) is 18.6. The lowest BCUT2D eigenvalue weighted by Gasteiger charge is -2.39. The van der Waals surface area contributed by atoms with Gasteiger partial charge in [0, 0.05) is 37.7 Å². The zero-order valence-corrected chi connectivity index (χ0v) is 26.8. The number of fused-ring (bicyclic) bond motifs is 1. The van der Waals surface area contributed by atoms with Crippen LogP contribution >= 0.6 is 11.3 Å². The summed E-state index contributed by atoms with van der Waals surface area (Å²) in [6.07, 6.45) is 0.923. The van der Waals surface area contributed by atoms with Crippen LogP contribution in [0.4, 0.5) is 20.2 Å². The van der Waals surface area contributed by atoms with E-state index in [1.807, 2.05) is 18.2 Å². The van der Waals surface area contributed by atoms with E-state index < -0.39 is 32.7 Å². The number of primary sulfonamides is 1. The van der Waals surface area contributed by atoms with E-state index in [1.165, 1.54) is 36.6 Å². The Morgan fingerprint density at radius 3 is 2.50 bits per heavy atom. The number of anilines is 2. The van der Waals surface area contributed by atoms with Gasteiger partial charge in [0.05, 0.1) is 51.0 Å². The molecule has 1 saturated heterocycles. The highest BCUT2D eigenvalue weighted by molar-refractivity contribution is 7.91. The van der Waals surface area contributed by atoms with Crippen molar-refractivity contribution in [2.45, 2.75) is 55.5 Å². The highest BCUT2D eigenvalue weighted by Crippen LogP contribution is 2.38. The van der Waals surface area contributed by atoms with Gasteiger partial charge in [0.15, 0.2) is 9.84 Å². The molecule has 0 spiro atoms. The van der Waals surface area contributed by atoms with Gasteiger partial charge >= 0.3 is 0 Å². The third-order valence-electron chi connectivity index (χ3n) is 8.20. The number of methoxy groups -OCH3 is 1. The fourth-order valence-electron chi connectivity index (χ4n) is 5.90. The molecule has 3 aromatic rings. The summed E-state index contributed by atoms with van der Waals surface area (Å²) < 4.78 is 80.4. The molecule has 0 atom stereocenters. The van der Waals surface area contributed by atoms with E-state index in [0.29, 0.717) is 35.3 Å². The minimum absolute atomic E-state index is 0.0787. The summed E-state index contributed by atoms with van der Waals surface area (Å²) in [6, 6.07) is 10.6. The predicted octanol–water partition coefficient (Wildman–Crippen LogP) is 4.28. The van der Waals surface area contributed by atoms with Gasteiger partial charge in [-0.05, 0) is 54.8 Å². The molecular formula is C30H36F2N4O5S3. The summed E-state index contributed by atoms with van der Waals surface area (Å²) in [7, 11) is -5.38. The summed E-state index contributed by atoms with van der Waals surface area (Å²) in [5, 5.41) is 12.7. The van der Waals surface area contributed by atoms with Gasteiger partial charge in [0.2, 0.25) is 16.4 Å². The molecule has 5 rings (SSSR count). The topological polar surface area (TPSA) is 131 Å². The van der Waals surface area contributed by atoms with Crippen LogP contribution in [-0.2, 0) is 26.3 Å². The van der Waals surface area contributed by atoms with Crippen molar-refractivity contribution in [3.05, 3.63) is 46.8 Å². The lowest BCUT2D eigenvalue weighted by Crippen LogP contribution is -2.48. The molecule has 1 aromatic heterocycles. The molecule has 1 aliphatic carbocycles. The Morgan fingerprint density at radius 1 is 1.11 bits per heavy atom. The summed E-state index contributed by atoms with van der Waals surface area (Å²) >= 11 is 1.40. The Morgan fingerprint density at radius 2 is 1.84 bits per heavy atom. The number of halogens is 2. The molecule has 0 radical (unpaired) electrons. The van der Waals surface area contributed by atoms with Crippen molar-refractivity contribution in [3.8, 4) is 17.6 Å². The zero-order valence-electron chi connectivity index (χ0n) is 24.3. The fraction of sp³-hybridized carbons (Fsp3) is 0.467. The average Bonchev–Trinajstić information content (AvgIpc) is 3.32. The van der Waals surface area contributed by atoms with Gasteiger partial charge in [-0.3, -0.25) is 4.90 Å². The maximum Gasteiger partial charge on any atom is 0.242 e. The van der Waals surface area contributed by atoms with Crippen molar-refractivity contribution >= 4 is 52.7 Å². The fourth-order valence-corrected chi connectivity index (χ4v) is 8.84. The second-order valence-electron chi connectivity index (χ2n) is 11.1. The number of sulfonamides is 1. The van der Waals surface area contributed by atoms with Gasteiger partial charge in [0.25, 0.3) is 0 Å². The molecule has 14 heteroatoms. The first-order valence-electron chi connectivity index (χ1n) is 14.4. The number of rotatable bonds is 9. The van der Waals surface area contributed by atoms with Crippen LogP contribution in [0.5, 0.6) is 5.75 Å².